The van der Waals surface area contributed by atoms with Crippen molar-refractivity contribution in [2.45, 2.75) is 23.9 Å². The van der Waals surface area contributed by atoms with Crippen LogP contribution in [-0.2, 0) is 18.9 Å². The smallest absolute Gasteiger partial charge is 0.338 e. The summed E-state index contributed by atoms with van der Waals surface area (Å²) in [5.74, 6) is -1.88. The molecule has 0 radical (unpaired) electrons. The standard InChI is InChI=1S/C26H21ClO7/c27-23-22(34-26(30)19-14-8-3-9-15-19)21(33-25(29)18-12-6-2-7-13-18)20(32-23)16-31-24(28)17-10-4-1-5-11-17/h1-15,20-23H,16H2/t20-,21+,22?,23?/m1/s1. The Morgan fingerprint density at radius 2 is 1.06 bits per heavy atom. The van der Waals surface area contributed by atoms with E-state index in [-0.39, 0.29) is 6.61 Å². The maximum absolute atomic E-state index is 12.7. The normalized spacial score (nSPS) is 21.4. The molecule has 0 bridgehead atoms. The average molecular weight is 481 g/mol. The molecule has 4 rings (SSSR count). The molecule has 174 valence electrons. The predicted molar refractivity (Wildman–Crippen MR) is 123 cm³/mol. The topological polar surface area (TPSA) is 88.1 Å². The Labute approximate surface area is 201 Å². The van der Waals surface area contributed by atoms with E-state index in [1.165, 1.54) is 0 Å². The zero-order valence-electron chi connectivity index (χ0n) is 17.9. The van der Waals surface area contributed by atoms with Gasteiger partial charge in [0.2, 0.25) is 0 Å². The molecule has 34 heavy (non-hydrogen) atoms. The molecule has 4 atom stereocenters. The van der Waals surface area contributed by atoms with Gasteiger partial charge in [0, 0.05) is 0 Å². The lowest BCUT2D eigenvalue weighted by atomic mass is 10.1. The van der Waals surface area contributed by atoms with Gasteiger partial charge in [-0.2, -0.15) is 0 Å². The summed E-state index contributed by atoms with van der Waals surface area (Å²) in [6, 6.07) is 25.1. The fourth-order valence-electron chi connectivity index (χ4n) is 3.43. The van der Waals surface area contributed by atoms with Gasteiger partial charge in [-0.05, 0) is 36.4 Å². The molecule has 0 spiro atoms. The van der Waals surface area contributed by atoms with Crippen LogP contribution in [0.1, 0.15) is 31.1 Å². The van der Waals surface area contributed by atoms with Crippen molar-refractivity contribution in [1.82, 2.24) is 0 Å². The van der Waals surface area contributed by atoms with Crippen molar-refractivity contribution in [2.24, 2.45) is 0 Å². The molecule has 1 fully saturated rings. The maximum Gasteiger partial charge on any atom is 0.338 e. The van der Waals surface area contributed by atoms with Crippen molar-refractivity contribution in [1.29, 1.82) is 0 Å². The third-order valence-corrected chi connectivity index (χ3v) is 5.50. The van der Waals surface area contributed by atoms with Crippen LogP contribution in [0.15, 0.2) is 91.0 Å². The first-order chi connectivity index (χ1) is 16.5. The largest absolute Gasteiger partial charge is 0.459 e. The molecule has 1 aliphatic heterocycles. The lowest BCUT2D eigenvalue weighted by Crippen LogP contribution is -2.41. The molecule has 0 aliphatic carbocycles. The van der Waals surface area contributed by atoms with Gasteiger partial charge in [0.25, 0.3) is 0 Å². The highest BCUT2D eigenvalue weighted by Gasteiger charge is 2.49. The first kappa shape index (κ1) is 23.5. The number of alkyl halides is 1. The van der Waals surface area contributed by atoms with Crippen LogP contribution in [-0.4, -0.2) is 48.4 Å². The minimum absolute atomic E-state index is 0.261. The Bertz CT molecular complexity index is 1120. The van der Waals surface area contributed by atoms with Gasteiger partial charge >= 0.3 is 17.9 Å². The molecular weight excluding hydrogens is 460 g/mol. The fourth-order valence-corrected chi connectivity index (χ4v) is 3.75. The highest BCUT2D eigenvalue weighted by atomic mass is 35.5. The van der Waals surface area contributed by atoms with Gasteiger partial charge in [0.1, 0.15) is 12.7 Å². The lowest BCUT2D eigenvalue weighted by molar-refractivity contribution is -0.0435. The van der Waals surface area contributed by atoms with E-state index in [0.717, 1.165) is 0 Å². The van der Waals surface area contributed by atoms with Crippen LogP contribution in [0.5, 0.6) is 0 Å². The Kier molecular flexibility index (Phi) is 7.57. The van der Waals surface area contributed by atoms with Crippen LogP contribution in [0.3, 0.4) is 0 Å². The Balaban J connectivity index is 1.51. The first-order valence-corrected chi connectivity index (χ1v) is 11.0. The van der Waals surface area contributed by atoms with Gasteiger partial charge in [-0.15, -0.1) is 0 Å². The number of ether oxygens (including phenoxy) is 4. The molecule has 1 heterocycles. The second kappa shape index (κ2) is 11.0. The third-order valence-electron chi connectivity index (χ3n) is 5.15. The molecule has 1 aliphatic rings. The second-order valence-corrected chi connectivity index (χ2v) is 7.89. The van der Waals surface area contributed by atoms with Gasteiger partial charge in [-0.1, -0.05) is 66.2 Å². The van der Waals surface area contributed by atoms with Crippen molar-refractivity contribution in [3.63, 3.8) is 0 Å². The molecule has 8 heteroatoms. The number of hydrogen-bond acceptors (Lipinski definition) is 7. The maximum atomic E-state index is 12.7. The predicted octanol–water partition coefficient (Wildman–Crippen LogP) is 4.26. The van der Waals surface area contributed by atoms with Crippen LogP contribution in [0, 0.1) is 0 Å². The van der Waals surface area contributed by atoms with Gasteiger partial charge in [-0.25, -0.2) is 14.4 Å². The SMILES string of the molecule is O=C(OC[C@H]1OC(Cl)C(OC(=O)c2ccccc2)[C@H]1OC(=O)c1ccccc1)c1ccccc1. The monoisotopic (exact) mass is 480 g/mol. The van der Waals surface area contributed by atoms with Crippen LogP contribution in [0.2, 0.25) is 0 Å². The van der Waals surface area contributed by atoms with Crippen molar-refractivity contribution in [3.05, 3.63) is 108 Å². The van der Waals surface area contributed by atoms with E-state index in [1.54, 1.807) is 91.0 Å². The van der Waals surface area contributed by atoms with Gasteiger partial charge in [0.15, 0.2) is 17.8 Å². The minimum Gasteiger partial charge on any atom is -0.459 e. The molecule has 3 aromatic rings. The van der Waals surface area contributed by atoms with E-state index >= 15 is 0 Å². The number of carbonyl (C=O) groups is 3. The van der Waals surface area contributed by atoms with E-state index in [4.69, 9.17) is 30.5 Å². The second-order valence-electron chi connectivity index (χ2n) is 7.46. The number of rotatable bonds is 7. The van der Waals surface area contributed by atoms with Crippen LogP contribution in [0.4, 0.5) is 0 Å². The highest BCUT2D eigenvalue weighted by molar-refractivity contribution is 6.20. The van der Waals surface area contributed by atoms with Crippen LogP contribution in [0.25, 0.3) is 0 Å². The first-order valence-electron chi connectivity index (χ1n) is 10.6. The molecule has 0 amide bonds. The summed E-state index contributed by atoms with van der Waals surface area (Å²) in [7, 11) is 0. The average Bonchev–Trinajstić information content (AvgIpc) is 3.17. The zero-order valence-corrected chi connectivity index (χ0v) is 18.7. The Hall–Kier alpha value is -3.68. The molecular formula is C26H21ClO7. The van der Waals surface area contributed by atoms with Crippen molar-refractivity contribution in [3.8, 4) is 0 Å². The molecule has 0 saturated carbocycles. The van der Waals surface area contributed by atoms with Gasteiger partial charge < -0.3 is 18.9 Å². The van der Waals surface area contributed by atoms with Gasteiger partial charge in [0.05, 0.1) is 16.7 Å². The van der Waals surface area contributed by atoms with Crippen molar-refractivity contribution < 1.29 is 33.3 Å². The van der Waals surface area contributed by atoms with E-state index in [2.05, 4.69) is 0 Å². The number of benzene rings is 3. The number of esters is 3. The van der Waals surface area contributed by atoms with E-state index in [1.807, 2.05) is 0 Å². The fraction of sp³-hybridized carbons (Fsp3) is 0.192. The number of hydrogen-bond donors (Lipinski definition) is 0. The molecule has 1 saturated heterocycles. The summed E-state index contributed by atoms with van der Waals surface area (Å²) in [5, 5.41) is 0. The molecule has 0 aromatic heterocycles. The Morgan fingerprint density at radius 3 is 1.53 bits per heavy atom. The summed E-state index contributed by atoms with van der Waals surface area (Å²) in [5.41, 5.74) is -0.165. The lowest BCUT2D eigenvalue weighted by Gasteiger charge is -2.23. The Morgan fingerprint density at radius 1 is 0.647 bits per heavy atom. The molecule has 0 N–H and O–H groups in total. The summed E-state index contributed by atoms with van der Waals surface area (Å²) >= 11 is 6.33. The highest BCUT2D eigenvalue weighted by Crippen LogP contribution is 2.31. The van der Waals surface area contributed by atoms with E-state index in [9.17, 15) is 14.4 Å². The van der Waals surface area contributed by atoms with E-state index in [0.29, 0.717) is 16.7 Å². The minimum atomic E-state index is -1.12. The van der Waals surface area contributed by atoms with Crippen LogP contribution < -0.4 is 0 Å². The third kappa shape index (κ3) is 5.62. The summed E-state index contributed by atoms with van der Waals surface area (Å²) in [6.45, 7) is -0.261. The molecule has 3 aromatic carbocycles. The summed E-state index contributed by atoms with van der Waals surface area (Å²) in [4.78, 5) is 37.8. The zero-order chi connectivity index (χ0) is 23.9. The summed E-state index contributed by atoms with van der Waals surface area (Å²) in [6.07, 6.45) is -3.18. The van der Waals surface area contributed by atoms with Crippen LogP contribution >= 0.6 is 11.6 Å². The van der Waals surface area contributed by atoms with E-state index < -0.39 is 41.8 Å². The van der Waals surface area contributed by atoms with Gasteiger partial charge in [-0.3, -0.25) is 0 Å². The molecule has 7 nitrogen and oxygen atoms in total. The quantitative estimate of drug-likeness (QED) is 0.283. The van der Waals surface area contributed by atoms with Crippen molar-refractivity contribution in [2.75, 3.05) is 6.61 Å². The van der Waals surface area contributed by atoms with Crippen molar-refractivity contribution >= 4 is 29.5 Å². The number of halogens is 1. The number of carbonyl (C=O) groups excluding carboxylic acids is 3. The summed E-state index contributed by atoms with van der Waals surface area (Å²) < 4.78 is 22.3. The molecule has 2 unspecified atom stereocenters.